The molecule has 0 unspecified atom stereocenters. The van der Waals surface area contributed by atoms with Crippen molar-refractivity contribution in [2.75, 3.05) is 5.32 Å². The molecule has 0 atom stereocenters. The number of amides is 1. The van der Waals surface area contributed by atoms with Crippen LogP contribution in [0.2, 0.25) is 0 Å². The second-order valence-electron chi connectivity index (χ2n) is 3.89. The number of carbonyl (C=O) groups excluding carboxylic acids is 1. The molecule has 0 bridgehead atoms. The zero-order chi connectivity index (χ0) is 14.0. The van der Waals surface area contributed by atoms with Gasteiger partial charge in [-0.3, -0.25) is 9.48 Å². The van der Waals surface area contributed by atoms with Gasteiger partial charge in [0.25, 0.3) is 5.91 Å². The molecule has 0 saturated carbocycles. The number of rotatable bonds is 3. The maximum Gasteiger partial charge on any atom is 0.337 e. The number of carbonyl (C=O) groups is 2. The maximum absolute atomic E-state index is 11.9. The van der Waals surface area contributed by atoms with Gasteiger partial charge in [0.1, 0.15) is 5.75 Å². The Kier molecular flexibility index (Phi) is 3.19. The Balaban J connectivity index is 2.28. The van der Waals surface area contributed by atoms with Crippen molar-refractivity contribution in [3.63, 3.8) is 0 Å². The Morgan fingerprint density at radius 2 is 2.11 bits per heavy atom. The van der Waals surface area contributed by atoms with Gasteiger partial charge in [-0.15, -0.1) is 0 Å². The van der Waals surface area contributed by atoms with Crippen molar-refractivity contribution < 1.29 is 19.8 Å². The smallest absolute Gasteiger partial charge is 0.337 e. The molecule has 0 fully saturated rings. The molecule has 0 saturated heterocycles. The van der Waals surface area contributed by atoms with E-state index in [1.807, 2.05) is 0 Å². The summed E-state index contributed by atoms with van der Waals surface area (Å²) in [5.74, 6) is -1.89. The van der Waals surface area contributed by atoms with Crippen molar-refractivity contribution in [3.05, 3.63) is 41.7 Å². The predicted molar refractivity (Wildman–Crippen MR) is 66.2 cm³/mol. The molecular weight excluding hydrogens is 250 g/mol. The Morgan fingerprint density at radius 1 is 1.37 bits per heavy atom. The molecule has 0 aliphatic carbocycles. The number of aromatic hydroxyl groups is 1. The molecule has 1 amide bonds. The van der Waals surface area contributed by atoms with Crippen LogP contribution in [-0.2, 0) is 7.05 Å². The van der Waals surface area contributed by atoms with Gasteiger partial charge in [0.05, 0.1) is 23.0 Å². The second-order valence-corrected chi connectivity index (χ2v) is 3.89. The summed E-state index contributed by atoms with van der Waals surface area (Å²) in [4.78, 5) is 22.9. The number of nitrogens with one attached hydrogen (secondary N) is 1. The van der Waals surface area contributed by atoms with Crippen molar-refractivity contribution in [2.24, 2.45) is 7.05 Å². The van der Waals surface area contributed by atoms with Gasteiger partial charge in [-0.2, -0.15) is 5.10 Å². The van der Waals surface area contributed by atoms with Gasteiger partial charge in [0.2, 0.25) is 0 Å². The molecule has 3 N–H and O–H groups in total. The quantitative estimate of drug-likeness (QED) is 0.717. The number of aromatic nitrogens is 2. The van der Waals surface area contributed by atoms with Crippen LogP contribution < -0.4 is 5.32 Å². The highest BCUT2D eigenvalue weighted by Crippen LogP contribution is 2.21. The lowest BCUT2D eigenvalue weighted by Crippen LogP contribution is -2.14. The van der Waals surface area contributed by atoms with E-state index >= 15 is 0 Å². The van der Waals surface area contributed by atoms with Crippen LogP contribution in [0.3, 0.4) is 0 Å². The number of hydrogen-bond donors (Lipinski definition) is 3. The number of nitrogens with zero attached hydrogens (tertiary/aromatic N) is 2. The van der Waals surface area contributed by atoms with Gasteiger partial charge in [-0.1, -0.05) is 0 Å². The first kappa shape index (κ1) is 12.6. The van der Waals surface area contributed by atoms with Crippen LogP contribution in [0.5, 0.6) is 5.75 Å². The zero-order valence-corrected chi connectivity index (χ0v) is 9.99. The minimum atomic E-state index is -1.24. The molecule has 1 aromatic carbocycles. The number of carboxylic acids is 1. The van der Waals surface area contributed by atoms with Crippen LogP contribution in [-0.4, -0.2) is 31.9 Å². The van der Waals surface area contributed by atoms with Crippen LogP contribution >= 0.6 is 0 Å². The van der Waals surface area contributed by atoms with Crippen molar-refractivity contribution in [3.8, 4) is 5.75 Å². The molecule has 0 spiro atoms. The third-order valence-corrected chi connectivity index (χ3v) is 2.45. The Labute approximate surface area is 108 Å². The molecule has 1 heterocycles. The SMILES string of the molecule is Cn1cc(C(=O)Nc2ccc(O)cc2C(=O)O)cn1. The molecular formula is C12H11N3O4. The number of phenolic OH excluding ortho intramolecular Hbond substituents is 1. The summed E-state index contributed by atoms with van der Waals surface area (Å²) in [5.41, 5.74) is 0.239. The van der Waals surface area contributed by atoms with Gasteiger partial charge in [-0.25, -0.2) is 4.79 Å². The molecule has 7 nitrogen and oxygen atoms in total. The molecule has 0 aliphatic rings. The van der Waals surface area contributed by atoms with E-state index in [9.17, 15) is 14.7 Å². The summed E-state index contributed by atoms with van der Waals surface area (Å²) in [5, 5.41) is 24.6. The molecule has 0 radical (unpaired) electrons. The van der Waals surface area contributed by atoms with Crippen LogP contribution in [0.4, 0.5) is 5.69 Å². The van der Waals surface area contributed by atoms with Crippen LogP contribution in [0.1, 0.15) is 20.7 Å². The summed E-state index contributed by atoms with van der Waals surface area (Å²) >= 11 is 0. The fourth-order valence-corrected chi connectivity index (χ4v) is 1.55. The molecule has 0 aliphatic heterocycles. The fraction of sp³-hybridized carbons (Fsp3) is 0.0833. The minimum absolute atomic E-state index is 0.110. The van der Waals surface area contributed by atoms with Crippen molar-refractivity contribution in [1.82, 2.24) is 9.78 Å². The Bertz CT molecular complexity index is 648. The van der Waals surface area contributed by atoms with E-state index in [2.05, 4.69) is 10.4 Å². The molecule has 7 heteroatoms. The topological polar surface area (TPSA) is 104 Å². The lowest BCUT2D eigenvalue weighted by atomic mass is 10.1. The van der Waals surface area contributed by atoms with Gasteiger partial charge in [0, 0.05) is 13.2 Å². The van der Waals surface area contributed by atoms with E-state index < -0.39 is 11.9 Å². The number of aryl methyl sites for hydroxylation is 1. The van der Waals surface area contributed by atoms with Crippen molar-refractivity contribution >= 4 is 17.6 Å². The number of hydrogen-bond acceptors (Lipinski definition) is 4. The summed E-state index contributed by atoms with van der Waals surface area (Å²) in [6, 6.07) is 3.69. The molecule has 19 heavy (non-hydrogen) atoms. The van der Waals surface area contributed by atoms with E-state index in [0.717, 1.165) is 6.07 Å². The first-order valence-corrected chi connectivity index (χ1v) is 5.33. The van der Waals surface area contributed by atoms with Crippen LogP contribution in [0, 0.1) is 0 Å². The lowest BCUT2D eigenvalue weighted by Gasteiger charge is -2.07. The number of phenols is 1. The zero-order valence-electron chi connectivity index (χ0n) is 9.99. The number of anilines is 1. The highest BCUT2D eigenvalue weighted by atomic mass is 16.4. The van der Waals surface area contributed by atoms with E-state index in [-0.39, 0.29) is 17.0 Å². The molecule has 98 valence electrons. The Morgan fingerprint density at radius 3 is 2.68 bits per heavy atom. The number of aromatic carboxylic acids is 1. The standard InChI is InChI=1S/C12H11N3O4/c1-15-6-7(5-13-15)11(17)14-10-3-2-8(16)4-9(10)12(18)19/h2-6,16H,1H3,(H,14,17)(H,18,19). The largest absolute Gasteiger partial charge is 0.508 e. The van der Waals surface area contributed by atoms with Crippen LogP contribution in [0.25, 0.3) is 0 Å². The maximum atomic E-state index is 11.9. The van der Waals surface area contributed by atoms with Gasteiger partial charge >= 0.3 is 5.97 Å². The van der Waals surface area contributed by atoms with Crippen molar-refractivity contribution in [2.45, 2.75) is 0 Å². The normalized spacial score (nSPS) is 10.2. The first-order chi connectivity index (χ1) is 8.97. The summed E-state index contributed by atoms with van der Waals surface area (Å²) in [6.07, 6.45) is 2.88. The monoisotopic (exact) mass is 261 g/mol. The average molecular weight is 261 g/mol. The highest BCUT2D eigenvalue weighted by Gasteiger charge is 2.15. The summed E-state index contributed by atoms with van der Waals surface area (Å²) < 4.78 is 1.46. The van der Waals surface area contributed by atoms with Gasteiger partial charge in [-0.05, 0) is 18.2 Å². The van der Waals surface area contributed by atoms with Gasteiger partial charge < -0.3 is 15.5 Å². The highest BCUT2D eigenvalue weighted by molar-refractivity contribution is 6.07. The Hall–Kier alpha value is -2.83. The molecule has 1 aromatic heterocycles. The lowest BCUT2D eigenvalue weighted by molar-refractivity contribution is 0.0697. The predicted octanol–water partition coefficient (Wildman–Crippen LogP) is 1.08. The summed E-state index contributed by atoms with van der Waals surface area (Å²) in [7, 11) is 1.67. The molecule has 2 aromatic rings. The third kappa shape index (κ3) is 2.71. The number of carboxylic acid groups (broad SMARTS) is 1. The van der Waals surface area contributed by atoms with E-state index in [0.29, 0.717) is 5.56 Å². The minimum Gasteiger partial charge on any atom is -0.508 e. The van der Waals surface area contributed by atoms with E-state index in [1.165, 1.54) is 29.2 Å². The van der Waals surface area contributed by atoms with E-state index in [4.69, 9.17) is 5.11 Å². The third-order valence-electron chi connectivity index (χ3n) is 2.45. The molecule has 2 rings (SSSR count). The van der Waals surface area contributed by atoms with Gasteiger partial charge in [0.15, 0.2) is 0 Å². The second kappa shape index (κ2) is 4.81. The average Bonchev–Trinajstić information content (AvgIpc) is 2.78. The van der Waals surface area contributed by atoms with Crippen molar-refractivity contribution in [1.29, 1.82) is 0 Å². The van der Waals surface area contributed by atoms with Crippen LogP contribution in [0.15, 0.2) is 30.6 Å². The number of benzene rings is 1. The summed E-state index contributed by atoms with van der Waals surface area (Å²) in [6.45, 7) is 0. The fourth-order valence-electron chi connectivity index (χ4n) is 1.55. The van der Waals surface area contributed by atoms with E-state index in [1.54, 1.807) is 7.05 Å². The first-order valence-electron chi connectivity index (χ1n) is 5.33.